The van der Waals surface area contributed by atoms with E-state index < -0.39 is 0 Å². The van der Waals surface area contributed by atoms with Crippen LogP contribution in [0.3, 0.4) is 0 Å². The number of benzene rings is 1. The summed E-state index contributed by atoms with van der Waals surface area (Å²) >= 11 is 3.42. The topological polar surface area (TPSA) is 21.3 Å². The van der Waals surface area contributed by atoms with Crippen LogP contribution < -0.4 is 10.1 Å². The summed E-state index contributed by atoms with van der Waals surface area (Å²) in [6.07, 6.45) is 1.14. The fourth-order valence-electron chi connectivity index (χ4n) is 1.26. The summed E-state index contributed by atoms with van der Waals surface area (Å²) in [7, 11) is 0. The summed E-state index contributed by atoms with van der Waals surface area (Å²) in [4.78, 5) is 0. The molecule has 0 aliphatic heterocycles. The lowest BCUT2D eigenvalue weighted by molar-refractivity contribution is 0.306. The van der Waals surface area contributed by atoms with Crippen molar-refractivity contribution in [2.24, 2.45) is 0 Å². The van der Waals surface area contributed by atoms with Crippen LogP contribution in [0.1, 0.15) is 13.3 Å². The second-order valence-electron chi connectivity index (χ2n) is 3.49. The highest BCUT2D eigenvalue weighted by molar-refractivity contribution is 9.09. The van der Waals surface area contributed by atoms with E-state index in [0.717, 1.165) is 30.7 Å². The monoisotopic (exact) mass is 271 g/mol. The molecule has 15 heavy (non-hydrogen) atoms. The van der Waals surface area contributed by atoms with E-state index in [9.17, 15) is 0 Å². The van der Waals surface area contributed by atoms with Crippen molar-refractivity contribution < 1.29 is 4.74 Å². The van der Waals surface area contributed by atoms with E-state index in [1.807, 2.05) is 30.3 Å². The van der Waals surface area contributed by atoms with Crippen molar-refractivity contribution in [2.45, 2.75) is 19.4 Å². The number of rotatable bonds is 7. The van der Waals surface area contributed by atoms with Crippen molar-refractivity contribution >= 4 is 15.9 Å². The van der Waals surface area contributed by atoms with E-state index in [1.54, 1.807) is 0 Å². The van der Waals surface area contributed by atoms with Gasteiger partial charge in [-0.25, -0.2) is 0 Å². The Bertz CT molecular complexity index is 253. The van der Waals surface area contributed by atoms with E-state index in [0.29, 0.717) is 6.04 Å². The Morgan fingerprint density at radius 3 is 2.73 bits per heavy atom. The minimum Gasteiger partial charge on any atom is -0.492 e. The predicted molar refractivity (Wildman–Crippen MR) is 67.8 cm³/mol. The Morgan fingerprint density at radius 1 is 1.33 bits per heavy atom. The number of hydrogen-bond donors (Lipinski definition) is 1. The van der Waals surface area contributed by atoms with Crippen LogP contribution >= 0.6 is 15.9 Å². The second kappa shape index (κ2) is 7.71. The van der Waals surface area contributed by atoms with Crippen molar-refractivity contribution in [3.8, 4) is 5.75 Å². The zero-order valence-corrected chi connectivity index (χ0v) is 10.7. The van der Waals surface area contributed by atoms with E-state index in [-0.39, 0.29) is 0 Å². The van der Waals surface area contributed by atoms with Gasteiger partial charge in [0.2, 0.25) is 0 Å². The normalized spacial score (nSPS) is 12.4. The predicted octanol–water partition coefficient (Wildman–Crippen LogP) is 2.83. The first-order valence-electron chi connectivity index (χ1n) is 5.30. The van der Waals surface area contributed by atoms with E-state index in [2.05, 4.69) is 28.2 Å². The SMILES string of the molecule is CC(CCBr)NCCOc1ccccc1. The first-order chi connectivity index (χ1) is 7.33. The summed E-state index contributed by atoms with van der Waals surface area (Å²) in [6.45, 7) is 3.80. The van der Waals surface area contributed by atoms with Gasteiger partial charge in [-0.15, -0.1) is 0 Å². The summed E-state index contributed by atoms with van der Waals surface area (Å²) < 4.78 is 5.56. The number of halogens is 1. The van der Waals surface area contributed by atoms with Gasteiger partial charge < -0.3 is 10.1 Å². The van der Waals surface area contributed by atoms with E-state index in [4.69, 9.17) is 4.74 Å². The summed E-state index contributed by atoms with van der Waals surface area (Å²) in [6, 6.07) is 10.4. The fourth-order valence-corrected chi connectivity index (χ4v) is 1.94. The van der Waals surface area contributed by atoms with Gasteiger partial charge in [0.05, 0.1) is 0 Å². The molecule has 1 atom stereocenters. The Labute approximate surface area is 100 Å². The average molecular weight is 272 g/mol. The summed E-state index contributed by atoms with van der Waals surface area (Å²) in [5, 5.41) is 4.44. The third kappa shape index (κ3) is 5.80. The Morgan fingerprint density at radius 2 is 2.07 bits per heavy atom. The Balaban J connectivity index is 2.07. The first kappa shape index (κ1) is 12.5. The molecule has 1 aromatic carbocycles. The molecule has 1 rings (SSSR count). The highest BCUT2D eigenvalue weighted by Gasteiger charge is 1.98. The molecule has 84 valence electrons. The molecule has 0 saturated heterocycles. The number of hydrogen-bond acceptors (Lipinski definition) is 2. The molecule has 0 fully saturated rings. The fraction of sp³-hybridized carbons (Fsp3) is 0.500. The average Bonchev–Trinajstić information content (AvgIpc) is 2.26. The minimum absolute atomic E-state index is 0.545. The van der Waals surface area contributed by atoms with Gasteiger partial charge in [-0.3, -0.25) is 0 Å². The maximum Gasteiger partial charge on any atom is 0.119 e. The lowest BCUT2D eigenvalue weighted by Crippen LogP contribution is -2.30. The molecule has 3 heteroatoms. The minimum atomic E-state index is 0.545. The van der Waals surface area contributed by atoms with Gasteiger partial charge in [0.1, 0.15) is 12.4 Å². The standard InChI is InChI=1S/C12H18BrNO/c1-11(7-8-13)14-9-10-15-12-5-3-2-4-6-12/h2-6,11,14H,7-10H2,1H3. The number of nitrogens with one attached hydrogen (secondary N) is 1. The molecule has 0 aliphatic rings. The van der Waals surface area contributed by atoms with Gasteiger partial charge in [-0.1, -0.05) is 34.1 Å². The van der Waals surface area contributed by atoms with Crippen LogP contribution in [0.2, 0.25) is 0 Å². The molecule has 0 amide bonds. The van der Waals surface area contributed by atoms with Crippen LogP contribution in [0.4, 0.5) is 0 Å². The number of para-hydroxylation sites is 1. The molecule has 0 spiro atoms. The molecule has 0 aromatic heterocycles. The zero-order valence-electron chi connectivity index (χ0n) is 9.08. The van der Waals surface area contributed by atoms with Crippen molar-refractivity contribution in [2.75, 3.05) is 18.5 Å². The number of alkyl halides is 1. The molecule has 2 nitrogen and oxygen atoms in total. The Kier molecular flexibility index (Phi) is 6.44. The van der Waals surface area contributed by atoms with Crippen LogP contribution in [0.25, 0.3) is 0 Å². The van der Waals surface area contributed by atoms with Gasteiger partial charge in [0.15, 0.2) is 0 Å². The maximum atomic E-state index is 5.56. The molecule has 1 N–H and O–H groups in total. The van der Waals surface area contributed by atoms with Gasteiger partial charge >= 0.3 is 0 Å². The third-order valence-electron chi connectivity index (χ3n) is 2.15. The lowest BCUT2D eigenvalue weighted by atomic mass is 10.3. The van der Waals surface area contributed by atoms with Crippen LogP contribution in [0, 0.1) is 0 Å². The summed E-state index contributed by atoms with van der Waals surface area (Å²) in [5.74, 6) is 0.937. The first-order valence-corrected chi connectivity index (χ1v) is 6.42. The second-order valence-corrected chi connectivity index (χ2v) is 4.29. The number of ether oxygens (including phenoxy) is 1. The smallest absolute Gasteiger partial charge is 0.119 e. The van der Waals surface area contributed by atoms with Crippen molar-refractivity contribution in [3.63, 3.8) is 0 Å². The Hall–Kier alpha value is -0.540. The lowest BCUT2D eigenvalue weighted by Gasteiger charge is -2.12. The highest BCUT2D eigenvalue weighted by atomic mass is 79.9. The van der Waals surface area contributed by atoms with Crippen LogP contribution in [0.15, 0.2) is 30.3 Å². The van der Waals surface area contributed by atoms with Crippen LogP contribution in [-0.2, 0) is 0 Å². The molecular weight excluding hydrogens is 254 g/mol. The van der Waals surface area contributed by atoms with E-state index in [1.165, 1.54) is 0 Å². The molecule has 1 unspecified atom stereocenters. The third-order valence-corrected chi connectivity index (χ3v) is 2.61. The van der Waals surface area contributed by atoms with Crippen molar-refractivity contribution in [3.05, 3.63) is 30.3 Å². The molecule has 0 saturated carbocycles. The van der Waals surface area contributed by atoms with Gasteiger partial charge in [-0.05, 0) is 25.5 Å². The van der Waals surface area contributed by atoms with Gasteiger partial charge in [0.25, 0.3) is 0 Å². The quantitative estimate of drug-likeness (QED) is 0.608. The van der Waals surface area contributed by atoms with Crippen LogP contribution in [-0.4, -0.2) is 24.5 Å². The van der Waals surface area contributed by atoms with E-state index >= 15 is 0 Å². The highest BCUT2D eigenvalue weighted by Crippen LogP contribution is 2.07. The summed E-state index contributed by atoms with van der Waals surface area (Å²) in [5.41, 5.74) is 0. The van der Waals surface area contributed by atoms with Crippen molar-refractivity contribution in [1.29, 1.82) is 0 Å². The molecule has 0 heterocycles. The molecule has 0 aliphatic carbocycles. The molecule has 0 bridgehead atoms. The molecule has 0 radical (unpaired) electrons. The molecular formula is C12H18BrNO. The maximum absolute atomic E-state index is 5.56. The van der Waals surface area contributed by atoms with Crippen molar-refractivity contribution in [1.82, 2.24) is 5.32 Å². The largest absolute Gasteiger partial charge is 0.492 e. The molecule has 1 aromatic rings. The van der Waals surface area contributed by atoms with Gasteiger partial charge in [-0.2, -0.15) is 0 Å². The van der Waals surface area contributed by atoms with Crippen LogP contribution in [0.5, 0.6) is 5.75 Å². The zero-order chi connectivity index (χ0) is 10.9. The van der Waals surface area contributed by atoms with Gasteiger partial charge in [0, 0.05) is 17.9 Å².